The van der Waals surface area contributed by atoms with Gasteiger partial charge in [-0.1, -0.05) is 147 Å². The highest BCUT2D eigenvalue weighted by Gasteiger charge is 2.37. The predicted molar refractivity (Wildman–Crippen MR) is 233 cm³/mol. The molecule has 0 radical (unpaired) electrons. The van der Waals surface area contributed by atoms with Gasteiger partial charge in [-0.2, -0.15) is 0 Å². The molecule has 11 rings (SSSR count). The highest BCUT2D eigenvalue weighted by molar-refractivity contribution is 6.11. The normalized spacial score (nSPS) is 15.1. The maximum Gasteiger partial charge on any atom is 0.0788 e. The molecule has 7 aromatic carbocycles. The Morgan fingerprint density at radius 3 is 1.82 bits per heavy atom. The van der Waals surface area contributed by atoms with Gasteiger partial charge in [-0.25, -0.2) is 4.98 Å². The molecule has 0 atom stereocenters. The van der Waals surface area contributed by atoms with Crippen LogP contribution in [0.4, 0.5) is 0 Å². The van der Waals surface area contributed by atoms with Crippen LogP contribution in [0.25, 0.3) is 82.7 Å². The standard InChI is InChI=1S/C53H40N2/c1-53(2)47-32-37(34-22-24-36(25-23-34)52-46-17-4-3-13-40(46)43-14-5-8-19-49(43)54-52)12-11-18-41(47)42-31-28-38(33-48(42)53)35-26-29-39(30-27-35)55-50-20-9-6-15-44(50)45-16-7-10-21-51(45)55/h3-10,13-17,19-33H,11-12,18H2,1-2H3. The first-order chi connectivity index (χ1) is 27.0. The molecule has 0 amide bonds. The van der Waals surface area contributed by atoms with Crippen molar-refractivity contribution in [1.29, 1.82) is 0 Å². The lowest BCUT2D eigenvalue weighted by Crippen LogP contribution is -2.16. The first-order valence-electron chi connectivity index (χ1n) is 19.6. The molecule has 0 spiro atoms. The molecule has 0 fully saturated rings. The van der Waals surface area contributed by atoms with Crippen molar-refractivity contribution in [2.45, 2.75) is 38.5 Å². The molecule has 55 heavy (non-hydrogen) atoms. The third-order valence-electron chi connectivity index (χ3n) is 12.4. The van der Waals surface area contributed by atoms with Crippen LogP contribution in [-0.2, 0) is 5.41 Å². The van der Waals surface area contributed by atoms with E-state index in [-0.39, 0.29) is 5.41 Å². The van der Waals surface area contributed by atoms with Gasteiger partial charge in [-0.3, -0.25) is 0 Å². The Kier molecular flexibility index (Phi) is 7.13. The van der Waals surface area contributed by atoms with Crippen LogP contribution in [0, 0.1) is 0 Å². The zero-order valence-corrected chi connectivity index (χ0v) is 31.2. The maximum atomic E-state index is 5.16. The number of rotatable bonds is 4. The fourth-order valence-corrected chi connectivity index (χ4v) is 9.61. The quantitative estimate of drug-likeness (QED) is 0.167. The van der Waals surface area contributed by atoms with Gasteiger partial charge in [-0.15, -0.1) is 0 Å². The average Bonchev–Trinajstić information content (AvgIpc) is 3.54. The topological polar surface area (TPSA) is 17.8 Å². The van der Waals surface area contributed by atoms with Crippen LogP contribution in [-0.4, -0.2) is 9.55 Å². The van der Waals surface area contributed by atoms with Gasteiger partial charge in [0, 0.05) is 38.2 Å². The van der Waals surface area contributed by atoms with Crippen molar-refractivity contribution in [3.05, 3.63) is 192 Å². The zero-order valence-electron chi connectivity index (χ0n) is 31.2. The monoisotopic (exact) mass is 704 g/mol. The van der Waals surface area contributed by atoms with Gasteiger partial charge < -0.3 is 4.57 Å². The van der Waals surface area contributed by atoms with Crippen LogP contribution in [0.2, 0.25) is 0 Å². The van der Waals surface area contributed by atoms with Crippen molar-refractivity contribution in [3.8, 4) is 28.1 Å². The van der Waals surface area contributed by atoms with E-state index >= 15 is 0 Å². The number of aromatic nitrogens is 2. The molecule has 262 valence electrons. The number of nitrogens with zero attached hydrogens (tertiary/aromatic N) is 2. The molecule has 0 bridgehead atoms. The summed E-state index contributed by atoms with van der Waals surface area (Å²) in [4.78, 5) is 5.16. The number of benzene rings is 7. The Hall–Kier alpha value is -6.51. The molecular formula is C53H40N2. The summed E-state index contributed by atoms with van der Waals surface area (Å²) >= 11 is 0. The molecule has 0 N–H and O–H groups in total. The Labute approximate surface area is 321 Å². The lowest BCUT2D eigenvalue weighted by Gasteiger charge is -2.24. The number of hydrogen-bond donors (Lipinski definition) is 0. The first kappa shape index (κ1) is 32.0. The Morgan fingerprint density at radius 1 is 0.509 bits per heavy atom. The van der Waals surface area contributed by atoms with E-state index < -0.39 is 0 Å². The summed E-state index contributed by atoms with van der Waals surface area (Å²) in [5, 5.41) is 6.22. The van der Waals surface area contributed by atoms with E-state index in [1.807, 2.05) is 0 Å². The van der Waals surface area contributed by atoms with Crippen molar-refractivity contribution >= 4 is 54.6 Å². The molecule has 2 aliphatic carbocycles. The summed E-state index contributed by atoms with van der Waals surface area (Å²) in [6.45, 7) is 4.84. The summed E-state index contributed by atoms with van der Waals surface area (Å²) in [5.74, 6) is 0. The van der Waals surface area contributed by atoms with E-state index in [1.54, 1.807) is 0 Å². The SMILES string of the molecule is CC1(C)C2=C(CCCC(c3ccc(-c4nc5ccccc5c5ccccc45)cc3)=C2)c2ccc(-c3ccc(-n4c5ccccc5c5ccccc54)cc3)cc21. The lowest BCUT2D eigenvalue weighted by molar-refractivity contribution is 0.654. The van der Waals surface area contributed by atoms with Crippen LogP contribution in [0.1, 0.15) is 49.8 Å². The fourth-order valence-electron chi connectivity index (χ4n) is 9.61. The number of pyridine rings is 1. The number of fused-ring (bicyclic) bond motifs is 8. The second-order valence-corrected chi connectivity index (χ2v) is 15.8. The summed E-state index contributed by atoms with van der Waals surface area (Å²) in [6.07, 6.45) is 5.85. The Morgan fingerprint density at radius 2 is 1.09 bits per heavy atom. The smallest absolute Gasteiger partial charge is 0.0788 e. The van der Waals surface area contributed by atoms with Crippen LogP contribution in [0.3, 0.4) is 0 Å². The van der Waals surface area contributed by atoms with Crippen LogP contribution in [0.15, 0.2) is 175 Å². The van der Waals surface area contributed by atoms with Crippen molar-refractivity contribution in [1.82, 2.24) is 9.55 Å². The van der Waals surface area contributed by atoms with E-state index in [1.165, 1.54) is 88.2 Å². The van der Waals surface area contributed by atoms with E-state index in [0.717, 1.165) is 36.0 Å². The first-order valence-corrected chi connectivity index (χ1v) is 19.6. The molecular weight excluding hydrogens is 665 g/mol. The number of hydrogen-bond acceptors (Lipinski definition) is 1. The predicted octanol–water partition coefficient (Wildman–Crippen LogP) is 14.1. The van der Waals surface area contributed by atoms with Crippen LogP contribution < -0.4 is 0 Å². The maximum absolute atomic E-state index is 5.16. The minimum Gasteiger partial charge on any atom is -0.309 e. The molecule has 2 aliphatic rings. The van der Waals surface area contributed by atoms with Gasteiger partial charge in [0.1, 0.15) is 0 Å². The largest absolute Gasteiger partial charge is 0.309 e. The second kappa shape index (κ2) is 12.3. The Bertz CT molecular complexity index is 3010. The minimum atomic E-state index is -0.0902. The summed E-state index contributed by atoms with van der Waals surface area (Å²) in [5.41, 5.74) is 17.9. The highest BCUT2D eigenvalue weighted by Crippen LogP contribution is 2.52. The van der Waals surface area contributed by atoms with Gasteiger partial charge in [0.2, 0.25) is 0 Å². The van der Waals surface area contributed by atoms with Crippen LogP contribution >= 0.6 is 0 Å². The van der Waals surface area contributed by atoms with Crippen molar-refractivity contribution in [2.75, 3.05) is 0 Å². The van der Waals surface area contributed by atoms with Crippen molar-refractivity contribution in [3.63, 3.8) is 0 Å². The van der Waals surface area contributed by atoms with E-state index in [0.29, 0.717) is 0 Å². The lowest BCUT2D eigenvalue weighted by atomic mass is 9.79. The fraction of sp³-hybridized carbons (Fsp3) is 0.113. The average molecular weight is 705 g/mol. The van der Waals surface area contributed by atoms with Crippen molar-refractivity contribution in [2.24, 2.45) is 0 Å². The molecule has 0 saturated carbocycles. The van der Waals surface area contributed by atoms with Gasteiger partial charge in [0.25, 0.3) is 0 Å². The Balaban J connectivity index is 0.913. The van der Waals surface area contributed by atoms with Crippen LogP contribution in [0.5, 0.6) is 0 Å². The van der Waals surface area contributed by atoms with E-state index in [2.05, 4.69) is 188 Å². The molecule has 0 unspecified atom stereocenters. The number of para-hydroxylation sites is 3. The van der Waals surface area contributed by atoms with Gasteiger partial charge >= 0.3 is 0 Å². The third-order valence-corrected chi connectivity index (χ3v) is 12.4. The van der Waals surface area contributed by atoms with Gasteiger partial charge in [-0.05, 0) is 106 Å². The molecule has 2 nitrogen and oxygen atoms in total. The summed E-state index contributed by atoms with van der Waals surface area (Å²) in [7, 11) is 0. The number of allylic oxidation sites excluding steroid dienone is 4. The van der Waals surface area contributed by atoms with Gasteiger partial charge in [0.05, 0.1) is 22.2 Å². The van der Waals surface area contributed by atoms with E-state index in [4.69, 9.17) is 4.98 Å². The minimum absolute atomic E-state index is 0.0902. The van der Waals surface area contributed by atoms with E-state index in [9.17, 15) is 0 Å². The van der Waals surface area contributed by atoms with Crippen molar-refractivity contribution < 1.29 is 0 Å². The molecule has 9 aromatic rings. The molecule has 2 heterocycles. The highest BCUT2D eigenvalue weighted by atomic mass is 15.0. The molecule has 2 aromatic heterocycles. The molecule has 0 aliphatic heterocycles. The molecule has 2 heteroatoms. The van der Waals surface area contributed by atoms with Gasteiger partial charge in [0.15, 0.2) is 0 Å². The summed E-state index contributed by atoms with van der Waals surface area (Å²) < 4.78 is 2.39. The third kappa shape index (κ3) is 4.98. The summed E-state index contributed by atoms with van der Waals surface area (Å²) in [6, 6.07) is 60.1. The zero-order chi connectivity index (χ0) is 36.7. The second-order valence-electron chi connectivity index (χ2n) is 15.8. The molecule has 0 saturated heterocycles.